The molecule has 0 atom stereocenters. The van der Waals surface area contributed by atoms with Gasteiger partial charge in [-0.1, -0.05) is 29.3 Å². The van der Waals surface area contributed by atoms with E-state index in [-0.39, 0.29) is 5.91 Å². The summed E-state index contributed by atoms with van der Waals surface area (Å²) >= 11 is 16.2. The first-order valence-corrected chi connectivity index (χ1v) is 12.5. The number of amides is 1. The van der Waals surface area contributed by atoms with Gasteiger partial charge in [0.25, 0.3) is 5.91 Å². The molecule has 1 amide bonds. The van der Waals surface area contributed by atoms with Crippen molar-refractivity contribution in [3.8, 4) is 11.4 Å². The molecular formula is C23H22BrCl2N7O. The maximum atomic E-state index is 13.2. The average molecular weight is 563 g/mol. The molecule has 1 aliphatic rings. The van der Waals surface area contributed by atoms with Gasteiger partial charge >= 0.3 is 0 Å². The summed E-state index contributed by atoms with van der Waals surface area (Å²) in [6.45, 7) is 6.09. The van der Waals surface area contributed by atoms with Gasteiger partial charge in [-0.05, 0) is 41.1 Å². The van der Waals surface area contributed by atoms with Gasteiger partial charge < -0.3 is 4.90 Å². The van der Waals surface area contributed by atoms with Crippen LogP contribution in [-0.2, 0) is 13.1 Å². The largest absolute Gasteiger partial charge is 0.335 e. The quantitative estimate of drug-likeness (QED) is 0.354. The lowest BCUT2D eigenvalue weighted by atomic mass is 10.2. The summed E-state index contributed by atoms with van der Waals surface area (Å²) in [6.07, 6.45) is 3.63. The van der Waals surface area contributed by atoms with Crippen molar-refractivity contribution in [1.82, 2.24) is 34.2 Å². The molecule has 0 bridgehead atoms. The number of hydrogen-bond donors (Lipinski definition) is 0. The first-order chi connectivity index (χ1) is 16.4. The predicted molar refractivity (Wildman–Crippen MR) is 135 cm³/mol. The first kappa shape index (κ1) is 23.3. The van der Waals surface area contributed by atoms with Crippen LogP contribution in [0.2, 0.25) is 10.0 Å². The van der Waals surface area contributed by atoms with Crippen LogP contribution >= 0.6 is 39.1 Å². The van der Waals surface area contributed by atoms with E-state index in [1.54, 1.807) is 16.8 Å². The van der Waals surface area contributed by atoms with Gasteiger partial charge in [0.05, 0.1) is 10.2 Å². The van der Waals surface area contributed by atoms with E-state index in [1.807, 2.05) is 47.0 Å². The van der Waals surface area contributed by atoms with Crippen molar-refractivity contribution in [2.24, 2.45) is 0 Å². The fourth-order valence-corrected chi connectivity index (χ4v) is 5.13. The Morgan fingerprint density at radius 1 is 1.09 bits per heavy atom. The van der Waals surface area contributed by atoms with Gasteiger partial charge in [-0.25, -0.2) is 9.50 Å². The van der Waals surface area contributed by atoms with E-state index in [0.717, 1.165) is 41.1 Å². The van der Waals surface area contributed by atoms with E-state index in [1.165, 1.54) is 0 Å². The Hall–Kier alpha value is -2.46. The van der Waals surface area contributed by atoms with Crippen molar-refractivity contribution in [2.45, 2.75) is 20.0 Å². The molecule has 0 unspecified atom stereocenters. The van der Waals surface area contributed by atoms with E-state index in [9.17, 15) is 4.79 Å². The zero-order valence-electron chi connectivity index (χ0n) is 18.5. The second-order valence-electron chi connectivity index (χ2n) is 8.08. The van der Waals surface area contributed by atoms with Gasteiger partial charge in [-0.3, -0.25) is 14.4 Å². The number of aromatic nitrogens is 5. The lowest BCUT2D eigenvalue weighted by molar-refractivity contribution is 0.0622. The number of hydrogen-bond acceptors (Lipinski definition) is 5. The summed E-state index contributed by atoms with van der Waals surface area (Å²) in [4.78, 5) is 21.7. The highest BCUT2D eigenvalue weighted by Crippen LogP contribution is 2.28. The van der Waals surface area contributed by atoms with Gasteiger partial charge in [-0.2, -0.15) is 10.2 Å². The van der Waals surface area contributed by atoms with Crippen LogP contribution in [0.25, 0.3) is 17.0 Å². The van der Waals surface area contributed by atoms with Gasteiger partial charge in [0, 0.05) is 73.3 Å². The zero-order valence-corrected chi connectivity index (χ0v) is 21.6. The number of carbonyl (C=O) groups excluding carboxylic acids is 1. The minimum Gasteiger partial charge on any atom is -0.335 e. The van der Waals surface area contributed by atoms with Gasteiger partial charge in [0.2, 0.25) is 0 Å². The van der Waals surface area contributed by atoms with Crippen LogP contribution in [0.4, 0.5) is 0 Å². The molecule has 11 heteroatoms. The molecule has 176 valence electrons. The molecule has 1 fully saturated rings. The SMILES string of the molecule is CCn1cc(Br)c(-c2ccnc3cc(C(=O)N4CCN(Cc5c(Cl)cccc5Cl)CC4)nn23)n1. The number of rotatable bonds is 5. The molecule has 1 saturated heterocycles. The predicted octanol–water partition coefficient (Wildman–Crippen LogP) is 4.64. The Balaban J connectivity index is 1.32. The molecule has 0 spiro atoms. The molecule has 1 aromatic carbocycles. The Kier molecular flexibility index (Phi) is 6.61. The van der Waals surface area contributed by atoms with E-state index < -0.39 is 0 Å². The van der Waals surface area contributed by atoms with Gasteiger partial charge in [0.1, 0.15) is 5.69 Å². The maximum Gasteiger partial charge on any atom is 0.274 e. The van der Waals surface area contributed by atoms with Gasteiger partial charge in [0.15, 0.2) is 11.3 Å². The normalized spacial score (nSPS) is 14.8. The van der Waals surface area contributed by atoms with Crippen LogP contribution in [0.3, 0.4) is 0 Å². The van der Waals surface area contributed by atoms with Crippen molar-refractivity contribution in [3.05, 3.63) is 68.5 Å². The third-order valence-corrected chi connectivity index (χ3v) is 7.25. The zero-order chi connectivity index (χ0) is 23.8. The summed E-state index contributed by atoms with van der Waals surface area (Å²) in [7, 11) is 0. The highest BCUT2D eigenvalue weighted by Gasteiger charge is 2.26. The maximum absolute atomic E-state index is 13.2. The smallest absolute Gasteiger partial charge is 0.274 e. The fraction of sp³-hybridized carbons (Fsp3) is 0.304. The number of benzene rings is 1. The minimum atomic E-state index is -0.106. The monoisotopic (exact) mass is 561 g/mol. The number of nitrogens with zero attached hydrogens (tertiary/aromatic N) is 7. The second kappa shape index (κ2) is 9.65. The summed E-state index contributed by atoms with van der Waals surface area (Å²) in [6, 6.07) is 9.11. The van der Waals surface area contributed by atoms with Crippen LogP contribution in [0.15, 0.2) is 47.2 Å². The molecule has 0 N–H and O–H groups in total. The first-order valence-electron chi connectivity index (χ1n) is 11.0. The van der Waals surface area contributed by atoms with E-state index >= 15 is 0 Å². The summed E-state index contributed by atoms with van der Waals surface area (Å²) < 4.78 is 4.38. The van der Waals surface area contributed by atoms with Crippen molar-refractivity contribution in [2.75, 3.05) is 26.2 Å². The number of halogens is 3. The average Bonchev–Trinajstić information content (AvgIpc) is 3.45. The van der Waals surface area contributed by atoms with Crippen molar-refractivity contribution < 1.29 is 4.79 Å². The van der Waals surface area contributed by atoms with Crippen LogP contribution in [0, 0.1) is 0 Å². The molecule has 4 aromatic rings. The molecule has 0 radical (unpaired) electrons. The standard InChI is InChI=1S/C23H22BrCl2N7O/c1-2-32-14-16(24)22(29-32)20-6-7-27-21-12-19(28-33(20)21)23(34)31-10-8-30(9-11-31)13-15-17(25)4-3-5-18(15)26/h3-7,12,14H,2,8-11,13H2,1H3. The molecular weight excluding hydrogens is 541 g/mol. The minimum absolute atomic E-state index is 0.106. The van der Waals surface area contributed by atoms with Crippen LogP contribution in [0.5, 0.6) is 0 Å². The number of aryl methyl sites for hydroxylation is 1. The fourth-order valence-electron chi connectivity index (χ4n) is 4.09. The van der Waals surface area contributed by atoms with Crippen LogP contribution in [0.1, 0.15) is 23.0 Å². The lowest BCUT2D eigenvalue weighted by Crippen LogP contribution is -2.48. The molecule has 1 aliphatic heterocycles. The topological polar surface area (TPSA) is 71.6 Å². The Morgan fingerprint density at radius 3 is 2.50 bits per heavy atom. The van der Waals surface area contributed by atoms with Crippen molar-refractivity contribution in [1.29, 1.82) is 0 Å². The molecule has 3 aromatic heterocycles. The van der Waals surface area contributed by atoms with Crippen LogP contribution in [-0.4, -0.2) is 66.3 Å². The van der Waals surface area contributed by atoms with Crippen molar-refractivity contribution >= 4 is 50.7 Å². The lowest BCUT2D eigenvalue weighted by Gasteiger charge is -2.34. The Morgan fingerprint density at radius 2 is 1.82 bits per heavy atom. The Bertz CT molecular complexity index is 1340. The molecule has 8 nitrogen and oxygen atoms in total. The van der Waals surface area contributed by atoms with E-state index in [0.29, 0.717) is 41.0 Å². The summed E-state index contributed by atoms with van der Waals surface area (Å²) in [5.41, 5.74) is 3.41. The molecule has 0 saturated carbocycles. The number of fused-ring (bicyclic) bond motifs is 1. The Labute approximate surface area is 215 Å². The van der Waals surface area contributed by atoms with E-state index in [4.69, 9.17) is 23.2 Å². The highest BCUT2D eigenvalue weighted by atomic mass is 79.9. The molecule has 34 heavy (non-hydrogen) atoms. The number of carbonyl (C=O) groups is 1. The molecule has 0 aliphatic carbocycles. The summed E-state index contributed by atoms with van der Waals surface area (Å²) in [5.74, 6) is -0.106. The van der Waals surface area contributed by atoms with E-state index in [2.05, 4.69) is 36.0 Å². The molecule has 4 heterocycles. The molecule has 5 rings (SSSR count). The van der Waals surface area contributed by atoms with Crippen molar-refractivity contribution in [3.63, 3.8) is 0 Å². The highest BCUT2D eigenvalue weighted by molar-refractivity contribution is 9.10. The third-order valence-electron chi connectivity index (χ3n) is 5.96. The number of piperazine rings is 1. The van der Waals surface area contributed by atoms with Gasteiger partial charge in [-0.15, -0.1) is 0 Å². The van der Waals surface area contributed by atoms with Crippen LogP contribution < -0.4 is 0 Å². The summed E-state index contributed by atoms with van der Waals surface area (Å²) in [5, 5.41) is 10.5. The second-order valence-corrected chi connectivity index (χ2v) is 9.75. The third kappa shape index (κ3) is 4.45.